The number of aromatic nitrogens is 4. The van der Waals surface area contributed by atoms with Crippen LogP contribution in [0.15, 0.2) is 61.2 Å². The normalized spacial score (nSPS) is 10.3. The van der Waals surface area contributed by atoms with Crippen LogP contribution < -0.4 is 10.2 Å². The first-order chi connectivity index (χ1) is 12.7. The van der Waals surface area contributed by atoms with E-state index in [1.165, 1.54) is 5.56 Å². The first-order valence-corrected chi connectivity index (χ1v) is 8.33. The molecule has 0 saturated carbocycles. The number of anilines is 1. The molecule has 0 spiro atoms. The molecule has 0 radical (unpaired) electrons. The van der Waals surface area contributed by atoms with Crippen LogP contribution in [0.4, 0.5) is 5.95 Å². The van der Waals surface area contributed by atoms with Crippen molar-refractivity contribution in [1.82, 2.24) is 25.3 Å². The number of carbonyl (C=O) groups excluding carboxylic acids is 1. The number of carbonyl (C=O) groups is 1. The third-order valence-electron chi connectivity index (χ3n) is 3.86. The van der Waals surface area contributed by atoms with Crippen LogP contribution in [0.2, 0.25) is 0 Å². The zero-order valence-electron chi connectivity index (χ0n) is 14.5. The molecule has 0 aliphatic rings. The van der Waals surface area contributed by atoms with E-state index in [2.05, 4.69) is 25.3 Å². The number of nitrogens with one attached hydrogen (secondary N) is 1. The SMILES string of the molecule is CN(CCc1ccncc1)c1nccc(C(=O)NCc2ccccn2)n1. The molecule has 1 amide bonds. The van der Waals surface area contributed by atoms with Gasteiger partial charge in [-0.05, 0) is 42.3 Å². The lowest BCUT2D eigenvalue weighted by molar-refractivity contribution is 0.0945. The van der Waals surface area contributed by atoms with Gasteiger partial charge >= 0.3 is 0 Å². The average molecular weight is 348 g/mol. The summed E-state index contributed by atoms with van der Waals surface area (Å²) < 4.78 is 0. The van der Waals surface area contributed by atoms with Gasteiger partial charge < -0.3 is 10.2 Å². The highest BCUT2D eigenvalue weighted by Crippen LogP contribution is 2.08. The molecule has 0 aliphatic carbocycles. The topological polar surface area (TPSA) is 83.9 Å². The summed E-state index contributed by atoms with van der Waals surface area (Å²) in [6.45, 7) is 1.10. The monoisotopic (exact) mass is 348 g/mol. The minimum Gasteiger partial charge on any atom is -0.345 e. The predicted molar refractivity (Wildman–Crippen MR) is 98.7 cm³/mol. The summed E-state index contributed by atoms with van der Waals surface area (Å²) in [5, 5.41) is 2.82. The summed E-state index contributed by atoms with van der Waals surface area (Å²) >= 11 is 0. The Kier molecular flexibility index (Phi) is 5.82. The third-order valence-corrected chi connectivity index (χ3v) is 3.86. The second kappa shape index (κ2) is 8.66. The molecule has 132 valence electrons. The first-order valence-electron chi connectivity index (χ1n) is 8.33. The van der Waals surface area contributed by atoms with Gasteiger partial charge in [0.1, 0.15) is 5.69 Å². The molecular formula is C19H20N6O. The highest BCUT2D eigenvalue weighted by Gasteiger charge is 2.11. The molecular weight excluding hydrogens is 328 g/mol. The maximum Gasteiger partial charge on any atom is 0.270 e. The largest absolute Gasteiger partial charge is 0.345 e. The Hall–Kier alpha value is -3.35. The summed E-state index contributed by atoms with van der Waals surface area (Å²) in [7, 11) is 1.91. The average Bonchev–Trinajstić information content (AvgIpc) is 2.72. The Morgan fingerprint density at radius 2 is 1.88 bits per heavy atom. The maximum absolute atomic E-state index is 12.3. The van der Waals surface area contributed by atoms with Crippen molar-refractivity contribution in [3.63, 3.8) is 0 Å². The van der Waals surface area contributed by atoms with E-state index in [1.54, 1.807) is 30.9 Å². The van der Waals surface area contributed by atoms with Crippen LogP contribution in [0.1, 0.15) is 21.7 Å². The predicted octanol–water partition coefficient (Wildman–Crippen LogP) is 1.88. The summed E-state index contributed by atoms with van der Waals surface area (Å²) in [6, 6.07) is 11.2. The van der Waals surface area contributed by atoms with Crippen molar-refractivity contribution >= 4 is 11.9 Å². The Morgan fingerprint density at radius 3 is 2.65 bits per heavy atom. The minimum absolute atomic E-state index is 0.248. The molecule has 3 aromatic rings. The molecule has 0 aromatic carbocycles. The lowest BCUT2D eigenvalue weighted by Gasteiger charge is -2.17. The van der Waals surface area contributed by atoms with Crippen molar-refractivity contribution in [2.75, 3.05) is 18.5 Å². The maximum atomic E-state index is 12.3. The molecule has 26 heavy (non-hydrogen) atoms. The molecule has 0 unspecified atom stereocenters. The van der Waals surface area contributed by atoms with E-state index < -0.39 is 0 Å². The summed E-state index contributed by atoms with van der Waals surface area (Å²) in [4.78, 5) is 31.1. The number of hydrogen-bond donors (Lipinski definition) is 1. The zero-order chi connectivity index (χ0) is 18.2. The number of amides is 1. The van der Waals surface area contributed by atoms with Gasteiger partial charge in [-0.1, -0.05) is 6.07 Å². The van der Waals surface area contributed by atoms with E-state index >= 15 is 0 Å². The van der Waals surface area contributed by atoms with Crippen LogP contribution >= 0.6 is 0 Å². The summed E-state index contributed by atoms with van der Waals surface area (Å²) in [5.41, 5.74) is 2.32. The smallest absolute Gasteiger partial charge is 0.270 e. The fourth-order valence-electron chi connectivity index (χ4n) is 2.37. The van der Waals surface area contributed by atoms with E-state index in [1.807, 2.05) is 42.3 Å². The number of hydrogen-bond acceptors (Lipinski definition) is 6. The van der Waals surface area contributed by atoms with E-state index in [9.17, 15) is 4.79 Å². The van der Waals surface area contributed by atoms with E-state index in [4.69, 9.17) is 0 Å². The van der Waals surface area contributed by atoms with Gasteiger partial charge in [0.05, 0.1) is 12.2 Å². The lowest BCUT2D eigenvalue weighted by Crippen LogP contribution is -2.27. The number of rotatable bonds is 7. The van der Waals surface area contributed by atoms with Crippen LogP contribution in [-0.2, 0) is 13.0 Å². The molecule has 1 N–H and O–H groups in total. The molecule has 7 nitrogen and oxygen atoms in total. The molecule has 0 bridgehead atoms. The fourth-order valence-corrected chi connectivity index (χ4v) is 2.37. The molecule has 0 aliphatic heterocycles. The molecule has 0 atom stereocenters. The molecule has 3 heterocycles. The van der Waals surface area contributed by atoms with Crippen molar-refractivity contribution in [1.29, 1.82) is 0 Å². The van der Waals surface area contributed by atoms with Gasteiger partial charge in [-0.2, -0.15) is 0 Å². The number of pyridine rings is 2. The fraction of sp³-hybridized carbons (Fsp3) is 0.211. The van der Waals surface area contributed by atoms with Gasteiger partial charge in [0.25, 0.3) is 5.91 Å². The van der Waals surface area contributed by atoms with Crippen LogP contribution in [0, 0.1) is 0 Å². The van der Waals surface area contributed by atoms with Gasteiger partial charge in [-0.15, -0.1) is 0 Å². The Balaban J connectivity index is 1.59. The summed E-state index contributed by atoms with van der Waals surface area (Å²) in [6.07, 6.45) is 7.69. The van der Waals surface area contributed by atoms with Gasteiger partial charge in [-0.25, -0.2) is 9.97 Å². The molecule has 7 heteroatoms. The van der Waals surface area contributed by atoms with Crippen LogP contribution in [-0.4, -0.2) is 39.4 Å². The third kappa shape index (κ3) is 4.83. The molecule has 3 rings (SSSR count). The van der Waals surface area contributed by atoms with Crippen molar-refractivity contribution in [3.8, 4) is 0 Å². The zero-order valence-corrected chi connectivity index (χ0v) is 14.5. The van der Waals surface area contributed by atoms with E-state index in [0.717, 1.165) is 18.7 Å². The molecule has 0 fully saturated rings. The minimum atomic E-state index is -0.248. The van der Waals surface area contributed by atoms with Crippen LogP contribution in [0.3, 0.4) is 0 Å². The van der Waals surface area contributed by atoms with Crippen molar-refractivity contribution in [2.24, 2.45) is 0 Å². The highest BCUT2D eigenvalue weighted by molar-refractivity contribution is 5.92. The second-order valence-electron chi connectivity index (χ2n) is 5.77. The number of likely N-dealkylation sites (N-methyl/N-ethyl adjacent to an activating group) is 1. The van der Waals surface area contributed by atoms with Gasteiger partial charge in [0.2, 0.25) is 5.95 Å². The lowest BCUT2D eigenvalue weighted by atomic mass is 10.2. The molecule has 3 aromatic heterocycles. The highest BCUT2D eigenvalue weighted by atomic mass is 16.1. The summed E-state index contributed by atoms with van der Waals surface area (Å²) in [5.74, 6) is 0.270. The van der Waals surface area contributed by atoms with Crippen molar-refractivity contribution < 1.29 is 4.79 Å². The molecule has 0 saturated heterocycles. The van der Waals surface area contributed by atoms with E-state index in [-0.39, 0.29) is 5.91 Å². The standard InChI is InChI=1S/C19H20N6O/c1-25(13-8-15-5-10-20-11-6-15)19-22-12-7-17(24-19)18(26)23-14-16-4-2-3-9-21-16/h2-7,9-12H,8,13-14H2,1H3,(H,23,26). The second-order valence-corrected chi connectivity index (χ2v) is 5.77. The van der Waals surface area contributed by atoms with Gasteiger partial charge in [0.15, 0.2) is 0 Å². The van der Waals surface area contributed by atoms with Crippen molar-refractivity contribution in [2.45, 2.75) is 13.0 Å². The first kappa shape index (κ1) is 17.5. The Labute approximate surface area is 152 Å². The van der Waals surface area contributed by atoms with E-state index in [0.29, 0.717) is 18.2 Å². The Morgan fingerprint density at radius 1 is 1.04 bits per heavy atom. The number of nitrogens with zero attached hydrogens (tertiary/aromatic N) is 5. The van der Waals surface area contributed by atoms with Crippen LogP contribution in [0.5, 0.6) is 0 Å². The van der Waals surface area contributed by atoms with Crippen molar-refractivity contribution in [3.05, 3.63) is 78.1 Å². The quantitative estimate of drug-likeness (QED) is 0.702. The van der Waals surface area contributed by atoms with Gasteiger partial charge in [0, 0.05) is 38.4 Å². The van der Waals surface area contributed by atoms with Crippen LogP contribution in [0.25, 0.3) is 0 Å². The Bertz CT molecular complexity index is 841. The van der Waals surface area contributed by atoms with Gasteiger partial charge in [-0.3, -0.25) is 14.8 Å².